The van der Waals surface area contributed by atoms with Crippen molar-refractivity contribution in [2.24, 2.45) is 27.2 Å². The zero-order valence-electron chi connectivity index (χ0n) is 11.1. The highest BCUT2D eigenvalue weighted by atomic mass is 15.1. The van der Waals surface area contributed by atoms with Crippen LogP contribution in [0.15, 0.2) is 52.6 Å². The summed E-state index contributed by atoms with van der Waals surface area (Å²) in [4.78, 5) is 12.1. The summed E-state index contributed by atoms with van der Waals surface area (Å²) in [5, 5.41) is 0. The third-order valence-corrected chi connectivity index (χ3v) is 2.56. The molecule has 0 amide bonds. The Balaban J connectivity index is 2.22. The Bertz CT molecular complexity index is 636. The number of aliphatic imine (C=N–C) groups is 2. The van der Waals surface area contributed by atoms with Crippen LogP contribution in [0.25, 0.3) is 11.3 Å². The molecule has 0 radical (unpaired) electrons. The SMILES string of the molecule is Cc1ccc(-c2ccc(N=C(N)N=C(N)N)cc2)nc1. The fourth-order valence-corrected chi connectivity index (χ4v) is 1.63. The van der Waals surface area contributed by atoms with E-state index in [-0.39, 0.29) is 11.9 Å². The molecule has 0 spiro atoms. The normalized spacial score (nSPS) is 11.2. The summed E-state index contributed by atoms with van der Waals surface area (Å²) in [5.41, 5.74) is 19.7. The molecule has 1 heterocycles. The standard InChI is InChI=1S/C14H16N6/c1-9-2-7-12(18-8-9)10-3-5-11(6-4-10)19-14(17)20-13(15)16/h2-8H,1H3,(H6,15,16,17,19,20). The molecular weight excluding hydrogens is 252 g/mol. The molecule has 0 saturated carbocycles. The van der Waals surface area contributed by atoms with Gasteiger partial charge in [0, 0.05) is 11.8 Å². The molecule has 2 rings (SSSR count). The van der Waals surface area contributed by atoms with Gasteiger partial charge < -0.3 is 17.2 Å². The zero-order valence-corrected chi connectivity index (χ0v) is 11.1. The predicted octanol–water partition coefficient (Wildman–Crippen LogP) is 1.28. The minimum atomic E-state index is -0.119. The number of pyridine rings is 1. The quantitative estimate of drug-likeness (QED) is 0.562. The van der Waals surface area contributed by atoms with Gasteiger partial charge in [0.15, 0.2) is 5.96 Å². The average Bonchev–Trinajstić information content (AvgIpc) is 2.39. The van der Waals surface area contributed by atoms with Gasteiger partial charge in [0.1, 0.15) is 0 Å². The van der Waals surface area contributed by atoms with Crippen LogP contribution in [0.1, 0.15) is 5.56 Å². The molecule has 1 aromatic carbocycles. The van der Waals surface area contributed by atoms with Crippen molar-refractivity contribution in [2.75, 3.05) is 0 Å². The van der Waals surface area contributed by atoms with Crippen molar-refractivity contribution in [2.45, 2.75) is 6.92 Å². The second-order valence-corrected chi connectivity index (χ2v) is 4.27. The maximum Gasteiger partial charge on any atom is 0.223 e. The molecule has 2 aromatic rings. The number of guanidine groups is 2. The topological polar surface area (TPSA) is 116 Å². The van der Waals surface area contributed by atoms with Crippen molar-refractivity contribution < 1.29 is 0 Å². The van der Waals surface area contributed by atoms with E-state index in [1.165, 1.54) is 0 Å². The van der Waals surface area contributed by atoms with Gasteiger partial charge in [-0.15, -0.1) is 0 Å². The van der Waals surface area contributed by atoms with Crippen molar-refractivity contribution in [1.29, 1.82) is 0 Å². The van der Waals surface area contributed by atoms with Crippen molar-refractivity contribution in [1.82, 2.24) is 4.98 Å². The first-order valence-corrected chi connectivity index (χ1v) is 6.01. The lowest BCUT2D eigenvalue weighted by atomic mass is 10.1. The molecule has 6 heteroatoms. The Labute approximate surface area is 117 Å². The van der Waals surface area contributed by atoms with Gasteiger partial charge >= 0.3 is 0 Å². The minimum absolute atomic E-state index is 0.0196. The van der Waals surface area contributed by atoms with Gasteiger partial charge in [0.25, 0.3) is 0 Å². The summed E-state index contributed by atoms with van der Waals surface area (Å²) >= 11 is 0. The van der Waals surface area contributed by atoms with Crippen LogP contribution in [0.2, 0.25) is 0 Å². The average molecular weight is 268 g/mol. The molecule has 0 saturated heterocycles. The first-order valence-electron chi connectivity index (χ1n) is 6.01. The van der Waals surface area contributed by atoms with Crippen molar-refractivity contribution >= 4 is 17.6 Å². The van der Waals surface area contributed by atoms with Crippen LogP contribution in [0.3, 0.4) is 0 Å². The number of benzene rings is 1. The fourth-order valence-electron chi connectivity index (χ4n) is 1.63. The van der Waals surface area contributed by atoms with Crippen LogP contribution in [-0.2, 0) is 0 Å². The largest absolute Gasteiger partial charge is 0.370 e. The van der Waals surface area contributed by atoms with Crippen LogP contribution in [0.5, 0.6) is 0 Å². The molecule has 0 atom stereocenters. The van der Waals surface area contributed by atoms with Gasteiger partial charge in [0.2, 0.25) is 5.96 Å². The minimum Gasteiger partial charge on any atom is -0.370 e. The van der Waals surface area contributed by atoms with Gasteiger partial charge in [-0.3, -0.25) is 4.98 Å². The number of rotatable bonds is 2. The van der Waals surface area contributed by atoms with Crippen molar-refractivity contribution in [3.8, 4) is 11.3 Å². The Morgan fingerprint density at radius 1 is 1.00 bits per heavy atom. The van der Waals surface area contributed by atoms with Crippen molar-refractivity contribution in [3.63, 3.8) is 0 Å². The summed E-state index contributed by atoms with van der Waals surface area (Å²) in [6, 6.07) is 11.5. The second kappa shape index (κ2) is 5.83. The third-order valence-electron chi connectivity index (χ3n) is 2.56. The van der Waals surface area contributed by atoms with Gasteiger partial charge in [-0.25, -0.2) is 4.99 Å². The van der Waals surface area contributed by atoms with E-state index in [0.717, 1.165) is 16.8 Å². The number of aryl methyl sites for hydroxylation is 1. The number of hydrogen-bond donors (Lipinski definition) is 3. The first kappa shape index (κ1) is 13.5. The van der Waals surface area contributed by atoms with E-state index in [4.69, 9.17) is 17.2 Å². The number of nitrogens with zero attached hydrogens (tertiary/aromatic N) is 3. The Morgan fingerprint density at radius 2 is 1.70 bits per heavy atom. The third kappa shape index (κ3) is 3.55. The summed E-state index contributed by atoms with van der Waals surface area (Å²) in [5.74, 6) is -0.0991. The molecule has 102 valence electrons. The maximum absolute atomic E-state index is 5.56. The van der Waals surface area contributed by atoms with Gasteiger partial charge in [-0.05, 0) is 30.7 Å². The lowest BCUT2D eigenvalue weighted by molar-refractivity contribution is 1.27. The molecule has 0 bridgehead atoms. The molecule has 6 N–H and O–H groups in total. The molecule has 0 aliphatic rings. The highest BCUT2D eigenvalue weighted by Gasteiger charge is 1.99. The van der Waals surface area contributed by atoms with Crippen LogP contribution in [0, 0.1) is 6.92 Å². The summed E-state index contributed by atoms with van der Waals surface area (Å²) in [7, 11) is 0. The summed E-state index contributed by atoms with van der Waals surface area (Å²) < 4.78 is 0. The first-order chi connectivity index (χ1) is 9.54. The van der Waals surface area contributed by atoms with E-state index in [9.17, 15) is 0 Å². The van der Waals surface area contributed by atoms with E-state index in [1.807, 2.05) is 49.5 Å². The lowest BCUT2D eigenvalue weighted by Crippen LogP contribution is -2.26. The van der Waals surface area contributed by atoms with E-state index >= 15 is 0 Å². The molecule has 0 aliphatic carbocycles. The summed E-state index contributed by atoms with van der Waals surface area (Å²) in [6.07, 6.45) is 1.83. The maximum atomic E-state index is 5.56. The van der Waals surface area contributed by atoms with Crippen LogP contribution in [-0.4, -0.2) is 16.9 Å². The number of nitrogens with two attached hydrogens (primary N) is 3. The summed E-state index contributed by atoms with van der Waals surface area (Å²) in [6.45, 7) is 2.00. The van der Waals surface area contributed by atoms with Gasteiger partial charge in [-0.2, -0.15) is 4.99 Å². The fraction of sp³-hybridized carbons (Fsp3) is 0.0714. The predicted molar refractivity (Wildman–Crippen MR) is 81.5 cm³/mol. The smallest absolute Gasteiger partial charge is 0.223 e. The molecule has 0 aliphatic heterocycles. The highest BCUT2D eigenvalue weighted by Crippen LogP contribution is 2.21. The van der Waals surface area contributed by atoms with E-state index in [1.54, 1.807) is 0 Å². The van der Waals surface area contributed by atoms with Crippen LogP contribution >= 0.6 is 0 Å². The molecule has 20 heavy (non-hydrogen) atoms. The van der Waals surface area contributed by atoms with E-state index in [2.05, 4.69) is 15.0 Å². The molecule has 0 unspecified atom stereocenters. The Morgan fingerprint density at radius 3 is 2.25 bits per heavy atom. The van der Waals surface area contributed by atoms with Gasteiger partial charge in [0.05, 0.1) is 11.4 Å². The van der Waals surface area contributed by atoms with E-state index < -0.39 is 0 Å². The monoisotopic (exact) mass is 268 g/mol. The lowest BCUT2D eigenvalue weighted by Gasteiger charge is -2.02. The van der Waals surface area contributed by atoms with E-state index in [0.29, 0.717) is 5.69 Å². The zero-order chi connectivity index (χ0) is 14.5. The molecule has 0 fully saturated rings. The number of aromatic nitrogens is 1. The van der Waals surface area contributed by atoms with Crippen LogP contribution in [0.4, 0.5) is 5.69 Å². The Hall–Kier alpha value is -2.89. The number of hydrogen-bond acceptors (Lipinski definition) is 2. The van der Waals surface area contributed by atoms with Gasteiger partial charge in [-0.1, -0.05) is 18.2 Å². The van der Waals surface area contributed by atoms with Crippen LogP contribution < -0.4 is 17.2 Å². The van der Waals surface area contributed by atoms with Crippen molar-refractivity contribution in [3.05, 3.63) is 48.2 Å². The molecule has 6 nitrogen and oxygen atoms in total. The highest BCUT2D eigenvalue weighted by molar-refractivity contribution is 5.93. The molecular formula is C14H16N6. The second-order valence-electron chi connectivity index (χ2n) is 4.27. The molecule has 1 aromatic heterocycles. The Kier molecular flexibility index (Phi) is 3.95.